The van der Waals surface area contributed by atoms with E-state index in [0.29, 0.717) is 0 Å². The molecule has 121 valence electrons. The van der Waals surface area contributed by atoms with Gasteiger partial charge in [-0.05, 0) is 56.8 Å². The van der Waals surface area contributed by atoms with Crippen LogP contribution >= 0.6 is 0 Å². The van der Waals surface area contributed by atoms with Crippen LogP contribution in [0.25, 0.3) is 32.3 Å². The van der Waals surface area contributed by atoms with Crippen LogP contribution in [-0.4, -0.2) is 0 Å². The van der Waals surface area contributed by atoms with Gasteiger partial charge in [-0.3, -0.25) is 0 Å². The van der Waals surface area contributed by atoms with Gasteiger partial charge < -0.3 is 0 Å². The topological polar surface area (TPSA) is 0 Å². The number of rotatable bonds is 7. The molecule has 24 heavy (non-hydrogen) atoms. The predicted molar refractivity (Wildman–Crippen MR) is 106 cm³/mol. The number of aryl methyl sites for hydroxylation is 1. The molecule has 0 nitrogen and oxygen atoms in total. The molecule has 0 aliphatic carbocycles. The van der Waals surface area contributed by atoms with Gasteiger partial charge in [-0.15, -0.1) is 0 Å². The maximum atomic E-state index is 3.40. The van der Waals surface area contributed by atoms with Crippen LogP contribution in [0.5, 0.6) is 0 Å². The molecule has 0 bridgehead atoms. The average molecular weight is 313 g/mol. The van der Waals surface area contributed by atoms with Crippen LogP contribution in [-0.2, 0) is 6.42 Å². The Bertz CT molecular complexity index is 932. The fourth-order valence-corrected chi connectivity index (χ4v) is 4.03. The summed E-state index contributed by atoms with van der Waals surface area (Å²) in [7, 11) is 0. The van der Waals surface area contributed by atoms with E-state index in [-0.39, 0.29) is 0 Å². The maximum absolute atomic E-state index is 3.40. The molecule has 0 N–H and O–H groups in total. The van der Waals surface area contributed by atoms with Crippen molar-refractivity contribution in [2.45, 2.75) is 51.9 Å². The summed E-state index contributed by atoms with van der Waals surface area (Å²) < 4.78 is 0. The molecule has 0 saturated carbocycles. The SMILES string of the molecule is CCCCCCCCc1ccc2ccc3[c]ccc4ccc1c2c34. The largest absolute Gasteiger partial charge is 0.0654 e. The van der Waals surface area contributed by atoms with E-state index in [4.69, 9.17) is 0 Å². The van der Waals surface area contributed by atoms with E-state index in [0.717, 1.165) is 0 Å². The average Bonchev–Trinajstić information content (AvgIpc) is 2.63. The first-order valence-electron chi connectivity index (χ1n) is 9.45. The highest BCUT2D eigenvalue weighted by atomic mass is 14.1. The first-order chi connectivity index (χ1) is 11.9. The zero-order valence-electron chi connectivity index (χ0n) is 14.6. The van der Waals surface area contributed by atoms with Crippen LogP contribution in [0.3, 0.4) is 0 Å². The third kappa shape index (κ3) is 2.75. The van der Waals surface area contributed by atoms with E-state index < -0.39 is 0 Å². The highest BCUT2D eigenvalue weighted by Crippen LogP contribution is 2.36. The highest BCUT2D eigenvalue weighted by Gasteiger charge is 2.10. The van der Waals surface area contributed by atoms with Gasteiger partial charge in [0.05, 0.1) is 0 Å². The summed E-state index contributed by atoms with van der Waals surface area (Å²) in [4.78, 5) is 0. The molecule has 4 rings (SSSR count). The van der Waals surface area contributed by atoms with Gasteiger partial charge in [-0.25, -0.2) is 0 Å². The van der Waals surface area contributed by atoms with Crippen molar-refractivity contribution in [2.24, 2.45) is 0 Å². The fraction of sp³-hybridized carbons (Fsp3) is 0.333. The Kier molecular flexibility index (Phi) is 4.38. The van der Waals surface area contributed by atoms with E-state index in [1.807, 2.05) is 6.07 Å². The molecule has 0 aliphatic rings. The first-order valence-corrected chi connectivity index (χ1v) is 9.45. The van der Waals surface area contributed by atoms with Gasteiger partial charge in [0.1, 0.15) is 0 Å². The Morgan fingerprint density at radius 2 is 1.46 bits per heavy atom. The van der Waals surface area contributed by atoms with Gasteiger partial charge >= 0.3 is 0 Å². The second-order valence-corrected chi connectivity index (χ2v) is 7.01. The molecule has 0 aromatic heterocycles. The minimum absolute atomic E-state index is 1.20. The summed E-state index contributed by atoms with van der Waals surface area (Å²) in [6.45, 7) is 2.28. The summed E-state index contributed by atoms with van der Waals surface area (Å²) in [5.41, 5.74) is 1.51. The van der Waals surface area contributed by atoms with Crippen LogP contribution in [0.2, 0.25) is 0 Å². The monoisotopic (exact) mass is 313 g/mol. The van der Waals surface area contributed by atoms with E-state index in [2.05, 4.69) is 55.5 Å². The van der Waals surface area contributed by atoms with Crippen LogP contribution in [0.15, 0.2) is 48.5 Å². The molecule has 0 saturated heterocycles. The van der Waals surface area contributed by atoms with Crippen molar-refractivity contribution in [3.63, 3.8) is 0 Å². The minimum Gasteiger partial charge on any atom is -0.0654 e. The molecule has 0 heterocycles. The normalized spacial score (nSPS) is 11.9. The number of hydrogen-bond donors (Lipinski definition) is 0. The summed E-state index contributed by atoms with van der Waals surface area (Å²) in [6.07, 6.45) is 9.35. The van der Waals surface area contributed by atoms with Crippen molar-refractivity contribution >= 4 is 32.3 Å². The van der Waals surface area contributed by atoms with Crippen molar-refractivity contribution in [1.82, 2.24) is 0 Å². The summed E-state index contributed by atoms with van der Waals surface area (Å²) in [6, 6.07) is 21.3. The number of unbranched alkanes of at least 4 members (excludes halogenated alkanes) is 5. The second kappa shape index (κ2) is 6.81. The Morgan fingerprint density at radius 3 is 2.38 bits per heavy atom. The minimum atomic E-state index is 1.20. The maximum Gasteiger partial charge on any atom is -0.00205 e. The molecular weight excluding hydrogens is 288 g/mol. The van der Waals surface area contributed by atoms with E-state index >= 15 is 0 Å². The van der Waals surface area contributed by atoms with Crippen LogP contribution in [0.4, 0.5) is 0 Å². The van der Waals surface area contributed by atoms with Crippen molar-refractivity contribution in [2.75, 3.05) is 0 Å². The molecule has 0 heteroatoms. The van der Waals surface area contributed by atoms with Gasteiger partial charge in [-0.1, -0.05) is 87.6 Å². The van der Waals surface area contributed by atoms with Crippen LogP contribution in [0.1, 0.15) is 51.0 Å². The van der Waals surface area contributed by atoms with Gasteiger partial charge in [-0.2, -0.15) is 0 Å². The molecule has 0 atom stereocenters. The molecule has 0 spiro atoms. The zero-order valence-corrected chi connectivity index (χ0v) is 14.6. The molecule has 0 fully saturated rings. The molecule has 1 radical (unpaired) electrons. The third-order valence-electron chi connectivity index (χ3n) is 5.34. The van der Waals surface area contributed by atoms with Gasteiger partial charge in [0.2, 0.25) is 0 Å². The van der Waals surface area contributed by atoms with Crippen LogP contribution in [0, 0.1) is 6.07 Å². The third-order valence-corrected chi connectivity index (χ3v) is 5.34. The van der Waals surface area contributed by atoms with Crippen molar-refractivity contribution in [3.8, 4) is 0 Å². The summed E-state index contributed by atoms with van der Waals surface area (Å²) >= 11 is 0. The lowest BCUT2D eigenvalue weighted by Gasteiger charge is -2.13. The quantitative estimate of drug-likeness (QED) is 0.248. The van der Waals surface area contributed by atoms with E-state index in [1.54, 1.807) is 0 Å². The molecule has 0 amide bonds. The van der Waals surface area contributed by atoms with Gasteiger partial charge in [0.25, 0.3) is 0 Å². The fourth-order valence-electron chi connectivity index (χ4n) is 4.03. The summed E-state index contributed by atoms with van der Waals surface area (Å²) in [5, 5.41) is 8.19. The van der Waals surface area contributed by atoms with Gasteiger partial charge in [0, 0.05) is 0 Å². The lowest BCUT2D eigenvalue weighted by Crippen LogP contribution is -1.91. The molecule has 0 aliphatic heterocycles. The van der Waals surface area contributed by atoms with Crippen molar-refractivity contribution < 1.29 is 0 Å². The Labute approximate surface area is 144 Å². The second-order valence-electron chi connectivity index (χ2n) is 7.01. The summed E-state index contributed by atoms with van der Waals surface area (Å²) in [5.74, 6) is 0. The molecule has 4 aromatic rings. The number of hydrogen-bond acceptors (Lipinski definition) is 0. The molecule has 4 aromatic carbocycles. The van der Waals surface area contributed by atoms with Gasteiger partial charge in [0.15, 0.2) is 0 Å². The standard InChI is InChI=1S/C24H25/c1-2-3-4-5-6-7-9-18-12-13-21-15-14-19-10-8-11-20-16-17-22(18)24(21)23(19)20/h8,11-17H,2-7,9H2,1H3. The Balaban J connectivity index is 1.67. The highest BCUT2D eigenvalue weighted by molar-refractivity contribution is 6.23. The Morgan fingerprint density at radius 1 is 0.708 bits per heavy atom. The van der Waals surface area contributed by atoms with E-state index in [1.165, 1.54) is 82.8 Å². The van der Waals surface area contributed by atoms with E-state index in [9.17, 15) is 0 Å². The van der Waals surface area contributed by atoms with Crippen molar-refractivity contribution in [3.05, 3.63) is 60.2 Å². The lowest BCUT2D eigenvalue weighted by atomic mass is 9.90. The molecular formula is C24H25. The number of benzene rings is 4. The van der Waals surface area contributed by atoms with Crippen molar-refractivity contribution in [1.29, 1.82) is 0 Å². The Hall–Kier alpha value is -2.08. The lowest BCUT2D eigenvalue weighted by molar-refractivity contribution is 0.608. The molecule has 0 unspecified atom stereocenters. The predicted octanol–water partition coefficient (Wildman–Crippen LogP) is 7.29. The smallest absolute Gasteiger partial charge is 0.00205 e. The first kappa shape index (κ1) is 15.4. The van der Waals surface area contributed by atoms with Crippen LogP contribution < -0.4 is 0 Å². The zero-order chi connectivity index (χ0) is 16.4.